The van der Waals surface area contributed by atoms with Gasteiger partial charge in [-0.3, -0.25) is 0 Å². The molecule has 0 spiro atoms. The van der Waals surface area contributed by atoms with Gasteiger partial charge in [-0.15, -0.1) is 0 Å². The van der Waals surface area contributed by atoms with Gasteiger partial charge in [-0.05, 0) is 25.5 Å². The smallest absolute Gasteiger partial charge is 0.137 e. The van der Waals surface area contributed by atoms with Gasteiger partial charge in [-0.1, -0.05) is 36.2 Å². The molecule has 1 aromatic carbocycles. The summed E-state index contributed by atoms with van der Waals surface area (Å²) in [4.78, 5) is 3.92. The first kappa shape index (κ1) is 14.3. The van der Waals surface area contributed by atoms with E-state index in [2.05, 4.69) is 10.1 Å². The third-order valence-corrected chi connectivity index (χ3v) is 3.82. The second-order valence-corrected chi connectivity index (χ2v) is 5.41. The van der Waals surface area contributed by atoms with Crippen molar-refractivity contribution in [3.63, 3.8) is 0 Å². The Morgan fingerprint density at radius 3 is 2.68 bits per heavy atom. The lowest BCUT2D eigenvalue weighted by atomic mass is 9.86. The van der Waals surface area contributed by atoms with Gasteiger partial charge in [-0.2, -0.15) is 5.10 Å². The van der Waals surface area contributed by atoms with Crippen LogP contribution in [0.3, 0.4) is 0 Å². The number of nitrogens with zero attached hydrogens (tertiary/aromatic N) is 3. The molecule has 2 atom stereocenters. The molecule has 0 aliphatic heterocycles. The van der Waals surface area contributed by atoms with E-state index in [0.717, 1.165) is 0 Å². The van der Waals surface area contributed by atoms with Crippen LogP contribution in [-0.4, -0.2) is 19.9 Å². The average molecular weight is 300 g/mol. The Bertz CT molecular complexity index is 555. The van der Waals surface area contributed by atoms with Crippen LogP contribution in [0.15, 0.2) is 30.9 Å². The van der Waals surface area contributed by atoms with Crippen molar-refractivity contribution in [3.8, 4) is 0 Å². The summed E-state index contributed by atoms with van der Waals surface area (Å²) in [6.45, 7) is 3.70. The molecule has 6 heteroatoms. The lowest BCUT2D eigenvalue weighted by Gasteiger charge is -2.33. The normalized spacial score (nSPS) is 16.1. The van der Waals surface area contributed by atoms with E-state index in [4.69, 9.17) is 23.2 Å². The SMILES string of the molecule is CCC(n1cncn1)C(C)(O)c1ccc(Cl)cc1Cl. The van der Waals surface area contributed by atoms with Gasteiger partial charge in [0.2, 0.25) is 0 Å². The average Bonchev–Trinajstić information content (AvgIpc) is 2.82. The summed E-state index contributed by atoms with van der Waals surface area (Å²) in [5.74, 6) is 0. The third kappa shape index (κ3) is 2.76. The lowest BCUT2D eigenvalue weighted by Crippen LogP contribution is -2.34. The fourth-order valence-corrected chi connectivity index (χ4v) is 2.90. The molecule has 0 bridgehead atoms. The summed E-state index contributed by atoms with van der Waals surface area (Å²) in [6.07, 6.45) is 3.73. The molecule has 0 saturated heterocycles. The molecular weight excluding hydrogens is 285 g/mol. The van der Waals surface area contributed by atoms with Crippen LogP contribution < -0.4 is 0 Å². The molecule has 0 aliphatic rings. The summed E-state index contributed by atoms with van der Waals surface area (Å²) in [7, 11) is 0. The maximum Gasteiger partial charge on any atom is 0.137 e. The summed E-state index contributed by atoms with van der Waals surface area (Å²) < 4.78 is 1.64. The van der Waals surface area contributed by atoms with E-state index in [9.17, 15) is 5.11 Å². The molecule has 2 aromatic rings. The highest BCUT2D eigenvalue weighted by Gasteiger charge is 2.36. The van der Waals surface area contributed by atoms with Crippen LogP contribution >= 0.6 is 23.2 Å². The van der Waals surface area contributed by atoms with Crippen LogP contribution in [0.25, 0.3) is 0 Å². The lowest BCUT2D eigenvalue weighted by molar-refractivity contribution is -0.00623. The van der Waals surface area contributed by atoms with Gasteiger partial charge in [0.1, 0.15) is 18.3 Å². The molecular formula is C13H15Cl2N3O. The Morgan fingerprint density at radius 1 is 1.42 bits per heavy atom. The van der Waals surface area contributed by atoms with Crippen LogP contribution in [0.5, 0.6) is 0 Å². The van der Waals surface area contributed by atoms with Crippen molar-refractivity contribution in [2.24, 2.45) is 0 Å². The maximum absolute atomic E-state index is 10.9. The summed E-state index contributed by atoms with van der Waals surface area (Å²) in [5.41, 5.74) is -0.537. The molecule has 0 radical (unpaired) electrons. The van der Waals surface area contributed by atoms with Gasteiger partial charge in [0.15, 0.2) is 0 Å². The van der Waals surface area contributed by atoms with E-state index in [1.165, 1.54) is 6.33 Å². The summed E-state index contributed by atoms with van der Waals surface area (Å²) >= 11 is 12.1. The Morgan fingerprint density at radius 2 is 2.16 bits per heavy atom. The molecule has 0 aliphatic carbocycles. The monoisotopic (exact) mass is 299 g/mol. The Hall–Kier alpha value is -1.10. The predicted molar refractivity (Wildman–Crippen MR) is 75.4 cm³/mol. The van der Waals surface area contributed by atoms with Crippen LogP contribution in [0.1, 0.15) is 31.9 Å². The summed E-state index contributed by atoms with van der Waals surface area (Å²) in [6, 6.07) is 4.82. The van der Waals surface area contributed by atoms with Crippen LogP contribution in [-0.2, 0) is 5.60 Å². The van der Waals surface area contributed by atoms with Gasteiger partial charge < -0.3 is 5.11 Å². The number of benzene rings is 1. The van der Waals surface area contributed by atoms with Crippen molar-refractivity contribution >= 4 is 23.2 Å². The van der Waals surface area contributed by atoms with Gasteiger partial charge in [0.25, 0.3) is 0 Å². The Kier molecular flexibility index (Phi) is 4.13. The fourth-order valence-electron chi connectivity index (χ4n) is 2.30. The highest BCUT2D eigenvalue weighted by atomic mass is 35.5. The maximum atomic E-state index is 10.9. The van der Waals surface area contributed by atoms with E-state index >= 15 is 0 Å². The van der Waals surface area contributed by atoms with E-state index < -0.39 is 5.60 Å². The largest absolute Gasteiger partial charge is 0.383 e. The first-order valence-corrected chi connectivity index (χ1v) is 6.74. The minimum Gasteiger partial charge on any atom is -0.383 e. The number of hydrogen-bond acceptors (Lipinski definition) is 3. The molecule has 2 unspecified atom stereocenters. The van der Waals surface area contributed by atoms with Crippen molar-refractivity contribution in [2.75, 3.05) is 0 Å². The first-order chi connectivity index (χ1) is 8.96. The Labute approximate surface area is 122 Å². The summed E-state index contributed by atoms with van der Waals surface area (Å²) in [5, 5.41) is 16.0. The number of halogens is 2. The molecule has 1 N–H and O–H groups in total. The zero-order valence-electron chi connectivity index (χ0n) is 10.7. The number of hydrogen-bond donors (Lipinski definition) is 1. The molecule has 1 aromatic heterocycles. The molecule has 0 amide bonds. The number of aromatic nitrogens is 3. The van der Waals surface area contributed by atoms with Crippen molar-refractivity contribution in [1.82, 2.24) is 14.8 Å². The number of aliphatic hydroxyl groups is 1. The molecule has 0 fully saturated rings. The molecule has 102 valence electrons. The molecule has 1 heterocycles. The minimum atomic E-state index is -1.16. The van der Waals surface area contributed by atoms with Crippen molar-refractivity contribution in [1.29, 1.82) is 0 Å². The molecule has 2 rings (SSSR count). The highest BCUT2D eigenvalue weighted by Crippen LogP contribution is 2.39. The van der Waals surface area contributed by atoms with Crippen molar-refractivity contribution in [2.45, 2.75) is 31.9 Å². The third-order valence-electron chi connectivity index (χ3n) is 3.27. The van der Waals surface area contributed by atoms with E-state index in [0.29, 0.717) is 22.0 Å². The Balaban J connectivity index is 2.45. The molecule has 0 saturated carbocycles. The zero-order valence-corrected chi connectivity index (χ0v) is 12.2. The van der Waals surface area contributed by atoms with Gasteiger partial charge >= 0.3 is 0 Å². The second kappa shape index (κ2) is 5.49. The minimum absolute atomic E-state index is 0.256. The van der Waals surface area contributed by atoms with Gasteiger partial charge in [0, 0.05) is 15.6 Å². The van der Waals surface area contributed by atoms with Gasteiger partial charge in [0.05, 0.1) is 6.04 Å². The highest BCUT2D eigenvalue weighted by molar-refractivity contribution is 6.35. The van der Waals surface area contributed by atoms with Crippen molar-refractivity contribution < 1.29 is 5.11 Å². The zero-order chi connectivity index (χ0) is 14.0. The molecule has 4 nitrogen and oxygen atoms in total. The topological polar surface area (TPSA) is 50.9 Å². The second-order valence-electron chi connectivity index (χ2n) is 4.57. The predicted octanol–water partition coefficient (Wildman–Crippen LogP) is 3.44. The van der Waals surface area contributed by atoms with Crippen LogP contribution in [0, 0.1) is 0 Å². The van der Waals surface area contributed by atoms with Gasteiger partial charge in [-0.25, -0.2) is 9.67 Å². The van der Waals surface area contributed by atoms with E-state index in [-0.39, 0.29) is 6.04 Å². The quantitative estimate of drug-likeness (QED) is 0.941. The van der Waals surface area contributed by atoms with Crippen molar-refractivity contribution in [3.05, 3.63) is 46.5 Å². The van der Waals surface area contributed by atoms with E-state index in [1.807, 2.05) is 6.92 Å². The first-order valence-electron chi connectivity index (χ1n) is 5.98. The van der Waals surface area contributed by atoms with Crippen LogP contribution in [0.2, 0.25) is 10.0 Å². The molecule has 19 heavy (non-hydrogen) atoms. The number of rotatable bonds is 4. The fraction of sp³-hybridized carbons (Fsp3) is 0.385. The van der Waals surface area contributed by atoms with E-state index in [1.54, 1.807) is 36.1 Å². The standard InChI is InChI=1S/C13H15Cl2N3O/c1-3-12(18-8-16-7-17-18)13(2,19)10-5-4-9(14)6-11(10)15/h4-8,12,19H,3H2,1-2H3. The van der Waals surface area contributed by atoms with Crippen LogP contribution in [0.4, 0.5) is 0 Å².